The van der Waals surface area contributed by atoms with Gasteiger partial charge in [-0.2, -0.15) is 0 Å². The topological polar surface area (TPSA) is 99.5 Å². The third-order valence-electron chi connectivity index (χ3n) is 11.3. The average Bonchev–Trinajstić information content (AvgIpc) is 2.88. The van der Waals surface area contributed by atoms with Gasteiger partial charge in [-0.05, 0) is 103 Å². The van der Waals surface area contributed by atoms with Gasteiger partial charge in [-0.25, -0.2) is 0 Å². The summed E-state index contributed by atoms with van der Waals surface area (Å²) in [4.78, 5) is 31.2. The minimum atomic E-state index is -0.709. The van der Waals surface area contributed by atoms with Gasteiger partial charge < -0.3 is 29.5 Å². The van der Waals surface area contributed by atoms with Gasteiger partial charge in [0, 0.05) is 18.5 Å². The lowest BCUT2D eigenvalue weighted by molar-refractivity contribution is -0.201. The van der Waals surface area contributed by atoms with Crippen molar-refractivity contribution in [2.75, 3.05) is 54.5 Å². The highest BCUT2D eigenvalue weighted by Crippen LogP contribution is 2.72. The first-order valence-corrected chi connectivity index (χ1v) is 15.9. The summed E-state index contributed by atoms with van der Waals surface area (Å²) in [7, 11) is 7.57. The molecule has 0 aromatic heterocycles. The quantitative estimate of drug-likeness (QED) is 0.284. The number of ether oxygens (including phenoxy) is 2. The van der Waals surface area contributed by atoms with Crippen LogP contribution in [0.4, 0.5) is 0 Å². The van der Waals surface area contributed by atoms with Crippen molar-refractivity contribution in [2.24, 2.45) is 45.8 Å². The number of hydrogen-bond acceptors (Lipinski definition) is 8. The van der Waals surface area contributed by atoms with Crippen LogP contribution in [0.5, 0.6) is 0 Å². The minimum absolute atomic E-state index is 0.0134. The Bertz CT molecular complexity index is 996. The fourth-order valence-electron chi connectivity index (χ4n) is 9.69. The van der Waals surface area contributed by atoms with Crippen LogP contribution in [0.15, 0.2) is 11.6 Å². The van der Waals surface area contributed by atoms with Crippen LogP contribution in [0, 0.1) is 45.8 Å². The zero-order valence-electron chi connectivity index (χ0n) is 26.8. The van der Waals surface area contributed by atoms with E-state index < -0.39 is 17.6 Å². The number of nitrogens with zero attached hydrogens (tertiary/aromatic N) is 2. The molecular weight excluding hydrogens is 520 g/mol. The second kappa shape index (κ2) is 12.3. The Morgan fingerprint density at radius 2 is 1.54 bits per heavy atom. The lowest BCUT2D eigenvalue weighted by Crippen LogP contribution is -2.64. The predicted molar refractivity (Wildman–Crippen MR) is 159 cm³/mol. The van der Waals surface area contributed by atoms with E-state index in [0.717, 1.165) is 44.9 Å². The van der Waals surface area contributed by atoms with Gasteiger partial charge in [-0.1, -0.05) is 38.8 Å². The number of esters is 2. The smallest absolute Gasteiger partial charge is 0.312 e. The van der Waals surface area contributed by atoms with Gasteiger partial charge in [0.1, 0.15) is 25.4 Å². The number of rotatable bonds is 11. The molecular formula is C33H56N2O6. The molecule has 5 unspecified atom stereocenters. The minimum Gasteiger partial charge on any atom is -0.463 e. The molecule has 5 rings (SSSR count). The van der Waals surface area contributed by atoms with Crippen molar-refractivity contribution in [3.8, 4) is 0 Å². The Labute approximate surface area is 247 Å². The van der Waals surface area contributed by atoms with Crippen molar-refractivity contribution in [3.05, 3.63) is 11.6 Å². The largest absolute Gasteiger partial charge is 0.463 e. The first-order chi connectivity index (χ1) is 19.1. The zero-order valence-corrected chi connectivity index (χ0v) is 26.8. The molecule has 0 saturated heterocycles. The number of allylic oxidation sites excluding steroid dienone is 2. The molecule has 8 nitrogen and oxygen atoms in total. The van der Waals surface area contributed by atoms with Gasteiger partial charge in [-0.3, -0.25) is 9.59 Å². The molecule has 5 aliphatic carbocycles. The second-order valence-corrected chi connectivity index (χ2v) is 15.1. The monoisotopic (exact) mass is 576 g/mol. The highest BCUT2D eigenvalue weighted by molar-refractivity contribution is 5.78. The number of aliphatic hydroxyl groups is 2. The molecule has 0 aromatic rings. The molecule has 0 aromatic carbocycles. The van der Waals surface area contributed by atoms with Crippen molar-refractivity contribution >= 4 is 11.9 Å². The van der Waals surface area contributed by atoms with Crippen LogP contribution in [0.25, 0.3) is 0 Å². The van der Waals surface area contributed by atoms with Crippen molar-refractivity contribution < 1.29 is 29.3 Å². The van der Waals surface area contributed by atoms with E-state index in [0.29, 0.717) is 24.9 Å². The van der Waals surface area contributed by atoms with Crippen LogP contribution in [0.2, 0.25) is 0 Å². The van der Waals surface area contributed by atoms with E-state index in [2.05, 4.69) is 33.8 Å². The maximum atomic E-state index is 13.8. The fourth-order valence-corrected chi connectivity index (χ4v) is 9.69. The van der Waals surface area contributed by atoms with E-state index in [-0.39, 0.29) is 53.7 Å². The van der Waals surface area contributed by atoms with Gasteiger partial charge in [0.25, 0.3) is 0 Å². The second-order valence-electron chi connectivity index (χ2n) is 15.1. The number of carbonyl (C=O) groups excluding carboxylic acids is 2. The van der Waals surface area contributed by atoms with Crippen molar-refractivity contribution in [1.82, 2.24) is 9.80 Å². The van der Waals surface area contributed by atoms with Crippen molar-refractivity contribution in [1.29, 1.82) is 0 Å². The van der Waals surface area contributed by atoms with Crippen LogP contribution >= 0.6 is 0 Å². The van der Waals surface area contributed by atoms with E-state index in [1.54, 1.807) is 0 Å². The summed E-state index contributed by atoms with van der Waals surface area (Å²) in [5.41, 5.74) is 0.480. The number of aliphatic hydroxyl groups excluding tert-OH is 2. The summed E-state index contributed by atoms with van der Waals surface area (Å²) in [5.74, 6) is 0.626. The molecule has 1 spiro atoms. The molecule has 2 bridgehead atoms. The Balaban J connectivity index is 1.59. The number of carbonyl (C=O) groups is 2. The van der Waals surface area contributed by atoms with Gasteiger partial charge in [-0.15, -0.1) is 0 Å². The van der Waals surface area contributed by atoms with E-state index in [4.69, 9.17) is 9.47 Å². The van der Waals surface area contributed by atoms with Crippen LogP contribution in [-0.2, 0) is 19.1 Å². The molecule has 3 fully saturated rings. The van der Waals surface area contributed by atoms with Gasteiger partial charge in [0.2, 0.25) is 0 Å². The van der Waals surface area contributed by atoms with Crippen LogP contribution in [-0.4, -0.2) is 98.7 Å². The highest BCUT2D eigenvalue weighted by atomic mass is 16.5. The fraction of sp³-hybridized carbons (Fsp3) is 0.879. The van der Waals surface area contributed by atoms with Gasteiger partial charge in [0.15, 0.2) is 0 Å². The summed E-state index contributed by atoms with van der Waals surface area (Å²) in [5, 5.41) is 20.7. The van der Waals surface area contributed by atoms with Crippen molar-refractivity contribution in [3.63, 3.8) is 0 Å². The van der Waals surface area contributed by atoms with Gasteiger partial charge in [0.05, 0.1) is 11.3 Å². The maximum Gasteiger partial charge on any atom is 0.312 e. The number of fused-ring (bicyclic) bond motifs is 2. The highest BCUT2D eigenvalue weighted by Gasteiger charge is 2.68. The van der Waals surface area contributed by atoms with Gasteiger partial charge >= 0.3 is 11.9 Å². The summed E-state index contributed by atoms with van der Waals surface area (Å²) in [6, 6.07) is 0. The molecule has 0 aliphatic heterocycles. The average molecular weight is 577 g/mol. The Kier molecular flexibility index (Phi) is 9.69. The van der Waals surface area contributed by atoms with E-state index >= 15 is 0 Å². The summed E-state index contributed by atoms with van der Waals surface area (Å²) in [6.07, 6.45) is 7.42. The molecule has 41 heavy (non-hydrogen) atoms. The predicted octanol–water partition coefficient (Wildman–Crippen LogP) is 3.75. The summed E-state index contributed by atoms with van der Waals surface area (Å²) < 4.78 is 11.6. The first kappa shape index (κ1) is 32.4. The zero-order chi connectivity index (χ0) is 30.3. The SMILES string of the molecule is CC(C)C1=CC23CC[C@@H]4[C@](C)(CCC[C@@]4(C)C(=O)OCC(O)CN(C)C)[C@H]2CC1CC3C(=O)OCC(O)CN(C)C. The molecule has 0 amide bonds. The van der Waals surface area contributed by atoms with Crippen LogP contribution in [0.1, 0.15) is 72.6 Å². The lowest BCUT2D eigenvalue weighted by atomic mass is 9.36. The Morgan fingerprint density at radius 1 is 0.927 bits per heavy atom. The summed E-state index contributed by atoms with van der Waals surface area (Å²) in [6.45, 7) is 9.91. The number of hydrogen-bond donors (Lipinski definition) is 2. The van der Waals surface area contributed by atoms with Crippen molar-refractivity contribution in [2.45, 2.75) is 84.8 Å². The van der Waals surface area contributed by atoms with E-state index in [1.165, 1.54) is 5.57 Å². The third-order valence-corrected chi connectivity index (χ3v) is 11.3. The normalized spacial score (nSPS) is 37.8. The summed E-state index contributed by atoms with van der Waals surface area (Å²) >= 11 is 0. The Hall–Kier alpha value is -1.48. The molecule has 3 saturated carbocycles. The third kappa shape index (κ3) is 6.13. The van der Waals surface area contributed by atoms with E-state index in [1.807, 2.05) is 38.0 Å². The molecule has 2 N–H and O–H groups in total. The molecule has 234 valence electrons. The standard InChI is InChI=1S/C33H56N2O6/c1-21(2)25-16-33-13-10-27-31(3,11-9-12-32(27,4)30(39)41-20-24(37)18-35(7)8)28(33)15-22(25)14-26(33)29(38)40-19-23(36)17-34(5)6/h16,21-24,26-28,36-37H,9-15,17-20H2,1-8H3/t22?,23?,24?,26?,27-,28-,31+,32-,33?/m1/s1. The first-order valence-electron chi connectivity index (χ1n) is 15.9. The van der Waals surface area contributed by atoms with Crippen LogP contribution < -0.4 is 0 Å². The van der Waals surface area contributed by atoms with E-state index in [9.17, 15) is 19.8 Å². The number of likely N-dealkylation sites (N-methyl/N-ethyl adjacent to an activating group) is 2. The van der Waals surface area contributed by atoms with Crippen LogP contribution in [0.3, 0.4) is 0 Å². The lowest BCUT2D eigenvalue weighted by Gasteiger charge is -2.68. The molecule has 9 atom stereocenters. The molecule has 5 aliphatic rings. The Morgan fingerprint density at radius 3 is 2.12 bits per heavy atom. The molecule has 0 radical (unpaired) electrons. The maximum absolute atomic E-state index is 13.8. The molecule has 0 heterocycles. The molecule has 8 heteroatoms.